The molecule has 0 unspecified atom stereocenters. The van der Waals surface area contributed by atoms with Crippen LogP contribution in [-0.4, -0.2) is 12.6 Å². The Morgan fingerprint density at radius 3 is 2.43 bits per heavy atom. The van der Waals surface area contributed by atoms with Crippen LogP contribution in [-0.2, 0) is 0 Å². The quantitative estimate of drug-likeness (QED) is 0.722. The summed E-state index contributed by atoms with van der Waals surface area (Å²) in [5.74, 6) is -0.507. The molecule has 0 aliphatic heterocycles. The van der Waals surface area contributed by atoms with E-state index in [1.165, 1.54) is 6.07 Å². The average Bonchev–Trinajstić information content (AvgIpc) is 1.99. The highest BCUT2D eigenvalue weighted by atomic mass is 35.5. The molecule has 1 aromatic rings. The van der Waals surface area contributed by atoms with Crippen molar-refractivity contribution in [3.8, 4) is 5.75 Å². The summed E-state index contributed by atoms with van der Waals surface area (Å²) in [5, 5.41) is 0.00819. The van der Waals surface area contributed by atoms with Crippen LogP contribution in [0.25, 0.3) is 0 Å². The van der Waals surface area contributed by atoms with E-state index in [4.69, 9.17) is 11.6 Å². The Labute approximate surface area is 82.2 Å². The summed E-state index contributed by atoms with van der Waals surface area (Å²) in [6, 6.07) is 3.16. The molecule has 0 radical (unpaired) electrons. The van der Waals surface area contributed by atoms with Crippen molar-refractivity contribution in [1.82, 2.24) is 0 Å². The molecule has 0 aliphatic rings. The lowest BCUT2D eigenvalue weighted by atomic mass is 10.2. The van der Waals surface area contributed by atoms with Gasteiger partial charge in [0.1, 0.15) is 12.0 Å². The van der Waals surface area contributed by atoms with Gasteiger partial charge in [-0.25, -0.2) is 0 Å². The third kappa shape index (κ3) is 3.26. The van der Waals surface area contributed by atoms with Gasteiger partial charge in [-0.1, -0.05) is 11.6 Å². The van der Waals surface area contributed by atoms with Crippen LogP contribution in [0.4, 0.5) is 13.2 Å². The van der Waals surface area contributed by atoms with E-state index in [9.17, 15) is 18.0 Å². The summed E-state index contributed by atoms with van der Waals surface area (Å²) in [7, 11) is 0. The van der Waals surface area contributed by atoms with Crippen LogP contribution in [0.3, 0.4) is 0 Å². The van der Waals surface area contributed by atoms with Gasteiger partial charge in [0.15, 0.2) is 0 Å². The highest BCUT2D eigenvalue weighted by Crippen LogP contribution is 2.26. The summed E-state index contributed by atoms with van der Waals surface area (Å²) < 4.78 is 38.8. The first-order valence-electron chi connectivity index (χ1n) is 3.42. The van der Waals surface area contributed by atoms with Crippen LogP contribution < -0.4 is 4.74 Å². The Kier molecular flexibility index (Phi) is 3.00. The maximum Gasteiger partial charge on any atom is 0.573 e. The van der Waals surface area contributed by atoms with Crippen molar-refractivity contribution in [1.29, 1.82) is 0 Å². The molecule has 14 heavy (non-hydrogen) atoms. The predicted molar refractivity (Wildman–Crippen MR) is 43.5 cm³/mol. The molecule has 0 fully saturated rings. The Balaban J connectivity index is 2.98. The maximum atomic E-state index is 11.8. The fourth-order valence-corrected chi connectivity index (χ4v) is 1.08. The van der Waals surface area contributed by atoms with Gasteiger partial charge in [-0.3, -0.25) is 4.79 Å². The lowest BCUT2D eigenvalue weighted by molar-refractivity contribution is -0.274. The lowest BCUT2D eigenvalue weighted by Crippen LogP contribution is -2.17. The summed E-state index contributed by atoms with van der Waals surface area (Å²) in [5.41, 5.74) is 0.0248. The third-order valence-corrected chi connectivity index (χ3v) is 1.48. The van der Waals surface area contributed by atoms with Gasteiger partial charge in [0.2, 0.25) is 0 Å². The van der Waals surface area contributed by atoms with Gasteiger partial charge in [-0.15, -0.1) is 13.2 Å². The molecule has 76 valence electrons. The molecule has 0 saturated heterocycles. The number of hydrogen-bond donors (Lipinski definition) is 0. The topological polar surface area (TPSA) is 26.3 Å². The molecule has 1 rings (SSSR count). The number of carbonyl (C=O) groups is 1. The molecule has 0 bridgehead atoms. The molecule has 2 nitrogen and oxygen atoms in total. The largest absolute Gasteiger partial charge is 0.573 e. The van der Waals surface area contributed by atoms with Crippen molar-refractivity contribution in [3.63, 3.8) is 0 Å². The number of rotatable bonds is 2. The normalized spacial score (nSPS) is 11.1. The lowest BCUT2D eigenvalue weighted by Gasteiger charge is -2.09. The highest BCUT2D eigenvalue weighted by molar-refractivity contribution is 6.31. The summed E-state index contributed by atoms with van der Waals surface area (Å²) in [4.78, 5) is 10.3. The van der Waals surface area contributed by atoms with Crippen molar-refractivity contribution >= 4 is 17.9 Å². The summed E-state index contributed by atoms with van der Waals surface area (Å²) in [6.45, 7) is 0. The fraction of sp³-hybridized carbons (Fsp3) is 0.125. The Hall–Kier alpha value is -1.23. The molecule has 0 amide bonds. The van der Waals surface area contributed by atoms with Crippen LogP contribution >= 0.6 is 11.6 Å². The van der Waals surface area contributed by atoms with E-state index >= 15 is 0 Å². The van der Waals surface area contributed by atoms with E-state index in [2.05, 4.69) is 4.74 Å². The van der Waals surface area contributed by atoms with E-state index in [0.717, 1.165) is 12.1 Å². The van der Waals surface area contributed by atoms with Gasteiger partial charge in [0.05, 0.1) is 0 Å². The highest BCUT2D eigenvalue weighted by Gasteiger charge is 2.31. The van der Waals surface area contributed by atoms with Crippen molar-refractivity contribution < 1.29 is 22.7 Å². The van der Waals surface area contributed by atoms with Crippen molar-refractivity contribution in [3.05, 3.63) is 28.8 Å². The number of hydrogen-bond acceptors (Lipinski definition) is 2. The number of alkyl halides is 3. The number of halogens is 4. The molecule has 0 aromatic heterocycles. The monoisotopic (exact) mass is 224 g/mol. The van der Waals surface area contributed by atoms with Crippen LogP contribution in [0, 0.1) is 0 Å². The predicted octanol–water partition coefficient (Wildman–Crippen LogP) is 3.05. The SMILES string of the molecule is O=Cc1cc(Cl)cc(OC(F)(F)F)c1. The summed E-state index contributed by atoms with van der Waals surface area (Å²) in [6.07, 6.45) is -4.40. The van der Waals surface area contributed by atoms with E-state index in [1.807, 2.05) is 0 Å². The van der Waals surface area contributed by atoms with Gasteiger partial charge in [0.25, 0.3) is 0 Å². The number of carbonyl (C=O) groups excluding carboxylic acids is 1. The van der Waals surface area contributed by atoms with Crippen molar-refractivity contribution in [2.45, 2.75) is 6.36 Å². The van der Waals surface area contributed by atoms with Crippen LogP contribution in [0.15, 0.2) is 18.2 Å². The zero-order valence-electron chi connectivity index (χ0n) is 6.64. The van der Waals surface area contributed by atoms with Crippen molar-refractivity contribution in [2.75, 3.05) is 0 Å². The molecule has 0 heterocycles. The molecule has 1 aromatic carbocycles. The fourth-order valence-electron chi connectivity index (χ4n) is 0.845. The zero-order valence-corrected chi connectivity index (χ0v) is 7.39. The second kappa shape index (κ2) is 3.88. The van der Waals surface area contributed by atoms with Gasteiger partial charge < -0.3 is 4.74 Å². The molecule has 0 aliphatic carbocycles. The van der Waals surface area contributed by atoms with E-state index in [-0.39, 0.29) is 10.6 Å². The first-order valence-corrected chi connectivity index (χ1v) is 3.80. The number of ether oxygens (including phenoxy) is 1. The van der Waals surface area contributed by atoms with Gasteiger partial charge >= 0.3 is 6.36 Å². The first-order chi connectivity index (χ1) is 6.40. The van der Waals surface area contributed by atoms with Crippen LogP contribution in [0.1, 0.15) is 10.4 Å². The van der Waals surface area contributed by atoms with Gasteiger partial charge in [-0.05, 0) is 18.2 Å². The van der Waals surface area contributed by atoms with Gasteiger partial charge in [-0.2, -0.15) is 0 Å². The Bertz CT molecular complexity index is 349. The third-order valence-electron chi connectivity index (χ3n) is 1.26. The van der Waals surface area contributed by atoms with E-state index in [1.54, 1.807) is 0 Å². The molecule has 0 N–H and O–H groups in total. The second-order valence-electron chi connectivity index (χ2n) is 2.39. The second-order valence-corrected chi connectivity index (χ2v) is 2.82. The summed E-state index contributed by atoms with van der Waals surface area (Å²) >= 11 is 5.45. The maximum absolute atomic E-state index is 11.8. The Morgan fingerprint density at radius 2 is 1.93 bits per heavy atom. The molecule has 6 heteroatoms. The van der Waals surface area contributed by atoms with E-state index < -0.39 is 12.1 Å². The van der Waals surface area contributed by atoms with E-state index in [0.29, 0.717) is 6.29 Å². The molecule has 0 spiro atoms. The van der Waals surface area contributed by atoms with Crippen LogP contribution in [0.2, 0.25) is 5.02 Å². The van der Waals surface area contributed by atoms with Gasteiger partial charge in [0, 0.05) is 10.6 Å². The zero-order chi connectivity index (χ0) is 10.8. The number of aldehydes is 1. The standard InChI is InChI=1S/C8H4ClF3O2/c9-6-1-5(4-13)2-7(3-6)14-8(10,11)12/h1-4H. The van der Waals surface area contributed by atoms with Crippen molar-refractivity contribution in [2.24, 2.45) is 0 Å². The minimum atomic E-state index is -4.79. The molecular formula is C8H4ClF3O2. The molecule has 0 atom stereocenters. The smallest absolute Gasteiger partial charge is 0.406 e. The van der Waals surface area contributed by atoms with Crippen LogP contribution in [0.5, 0.6) is 5.75 Å². The minimum Gasteiger partial charge on any atom is -0.406 e. The first kappa shape index (κ1) is 10.8. The molecule has 0 saturated carbocycles. The Morgan fingerprint density at radius 1 is 1.29 bits per heavy atom. The average molecular weight is 225 g/mol. The number of benzene rings is 1. The minimum absolute atomic E-state index is 0.00819. The molecular weight excluding hydrogens is 221 g/mol.